The van der Waals surface area contributed by atoms with Gasteiger partial charge in [0.15, 0.2) is 0 Å². The van der Waals surface area contributed by atoms with Crippen LogP contribution in [-0.4, -0.2) is 57.3 Å². The molecular weight excluding hydrogens is 658 g/mol. The molecule has 0 aliphatic carbocycles. The molecule has 0 aliphatic rings. The van der Waals surface area contributed by atoms with Crippen LogP contribution in [-0.2, 0) is 22.6 Å². The number of ether oxygens (including phenoxy) is 4. The zero-order valence-corrected chi connectivity index (χ0v) is 29.4. The Morgan fingerprint density at radius 1 is 0.692 bits per heavy atom. The van der Waals surface area contributed by atoms with Crippen LogP contribution < -0.4 is 25.0 Å². The smallest absolute Gasteiger partial charge is 0.414 e. The van der Waals surface area contributed by atoms with Gasteiger partial charge in [0.25, 0.3) is 0 Å². The van der Waals surface area contributed by atoms with Gasteiger partial charge in [-0.1, -0.05) is 84.9 Å². The van der Waals surface area contributed by atoms with E-state index in [1.165, 1.54) is 14.2 Å². The number of nitrogens with zero attached hydrogens (tertiary/aromatic N) is 1. The molecule has 0 aliphatic heterocycles. The summed E-state index contributed by atoms with van der Waals surface area (Å²) in [5.74, 6) is 1.37. The third-order valence-electron chi connectivity index (χ3n) is 8.43. The summed E-state index contributed by atoms with van der Waals surface area (Å²) >= 11 is 0. The Labute approximate surface area is 304 Å². The number of rotatable bonds is 17. The summed E-state index contributed by atoms with van der Waals surface area (Å²) < 4.78 is 21.5. The van der Waals surface area contributed by atoms with Gasteiger partial charge in [-0.05, 0) is 83.8 Å². The van der Waals surface area contributed by atoms with E-state index in [0.717, 1.165) is 28.0 Å². The molecule has 0 bridgehead atoms. The lowest BCUT2D eigenvalue weighted by Crippen LogP contribution is -2.32. The first-order chi connectivity index (χ1) is 25.4. The van der Waals surface area contributed by atoms with E-state index in [2.05, 4.69) is 10.6 Å². The number of aliphatic hydroxyl groups excluding tert-OH is 1. The van der Waals surface area contributed by atoms with Crippen LogP contribution in [0.4, 0.5) is 21.0 Å². The molecule has 270 valence electrons. The van der Waals surface area contributed by atoms with E-state index in [4.69, 9.17) is 18.9 Å². The van der Waals surface area contributed by atoms with Crippen molar-refractivity contribution < 1.29 is 33.6 Å². The largest absolute Gasteiger partial charge is 0.491 e. The summed E-state index contributed by atoms with van der Waals surface area (Å²) in [6.45, 7) is 1.95. The number of methoxy groups -OCH3 is 2. The number of benzene rings is 5. The number of amides is 2. The quantitative estimate of drug-likeness (QED) is 0.0842. The molecule has 0 radical (unpaired) electrons. The van der Waals surface area contributed by atoms with Crippen LogP contribution in [0.1, 0.15) is 34.6 Å². The topological polar surface area (TPSA) is 119 Å². The van der Waals surface area contributed by atoms with Gasteiger partial charge in [-0.3, -0.25) is 10.2 Å². The molecule has 0 spiro atoms. The lowest BCUT2D eigenvalue weighted by molar-refractivity contribution is 0.106. The molecule has 10 nitrogen and oxygen atoms in total. The Hall–Kier alpha value is -5.84. The number of aliphatic hydroxyl groups is 1. The second-order valence-electron chi connectivity index (χ2n) is 12.1. The molecule has 0 saturated heterocycles. The van der Waals surface area contributed by atoms with Crippen molar-refractivity contribution in [2.75, 3.05) is 44.1 Å². The molecule has 0 aromatic heterocycles. The lowest BCUT2D eigenvalue weighted by Gasteiger charge is -2.23. The molecule has 5 aromatic carbocycles. The highest BCUT2D eigenvalue weighted by Gasteiger charge is 2.19. The fraction of sp³-hybridized carbons (Fsp3) is 0.238. The molecule has 2 atom stereocenters. The van der Waals surface area contributed by atoms with Crippen molar-refractivity contribution in [3.63, 3.8) is 0 Å². The van der Waals surface area contributed by atoms with Crippen molar-refractivity contribution in [1.82, 2.24) is 5.32 Å². The Kier molecular flexibility index (Phi) is 14.0. The van der Waals surface area contributed by atoms with Crippen molar-refractivity contribution in [3.8, 4) is 11.5 Å². The van der Waals surface area contributed by atoms with Gasteiger partial charge in [0.05, 0.1) is 20.8 Å². The minimum atomic E-state index is -0.718. The standard InChI is InChI=1S/C42H45N3O7/c1-49-41(47)44-35-17-13-33(14-18-35)40(34-15-19-36(20-16-34)45(42(48)50-2)28-31-9-5-3-6-10-31)25-26-43-27-37(46)30-52-39-23-21-38(22-24-39)51-29-32-11-7-4-8-12-32/h3-24,37,40,43,46H,25-30H2,1-2H3,(H,44,47)/t37-,40?/m0/s1. The molecule has 52 heavy (non-hydrogen) atoms. The maximum atomic E-state index is 12.7. The normalized spacial score (nSPS) is 11.9. The van der Waals surface area contributed by atoms with Gasteiger partial charge in [-0.2, -0.15) is 0 Å². The predicted octanol–water partition coefficient (Wildman–Crippen LogP) is 7.77. The van der Waals surface area contributed by atoms with Crippen LogP contribution in [0.25, 0.3) is 0 Å². The summed E-state index contributed by atoms with van der Waals surface area (Å²) in [7, 11) is 2.70. The first-order valence-corrected chi connectivity index (χ1v) is 17.1. The van der Waals surface area contributed by atoms with Crippen LogP contribution in [0.3, 0.4) is 0 Å². The Bertz CT molecular complexity index is 1800. The number of nitrogens with one attached hydrogen (secondary N) is 2. The first-order valence-electron chi connectivity index (χ1n) is 17.1. The van der Waals surface area contributed by atoms with Gasteiger partial charge >= 0.3 is 12.2 Å². The second kappa shape index (κ2) is 19.5. The van der Waals surface area contributed by atoms with Crippen molar-refractivity contribution in [1.29, 1.82) is 0 Å². The molecule has 1 unspecified atom stereocenters. The highest BCUT2D eigenvalue weighted by atomic mass is 16.5. The van der Waals surface area contributed by atoms with E-state index in [-0.39, 0.29) is 12.5 Å². The van der Waals surface area contributed by atoms with Crippen molar-refractivity contribution >= 4 is 23.6 Å². The summed E-state index contributed by atoms with van der Waals surface area (Å²) in [6, 6.07) is 42.6. The number of hydrogen-bond donors (Lipinski definition) is 3. The number of hydrogen-bond acceptors (Lipinski definition) is 8. The third-order valence-corrected chi connectivity index (χ3v) is 8.43. The van der Waals surface area contributed by atoms with Crippen molar-refractivity contribution in [3.05, 3.63) is 156 Å². The Balaban J connectivity index is 1.18. The molecular formula is C42H45N3O7. The van der Waals surface area contributed by atoms with Gasteiger partial charge in [0, 0.05) is 23.8 Å². The zero-order chi connectivity index (χ0) is 36.5. The average Bonchev–Trinajstić information content (AvgIpc) is 3.20. The first kappa shape index (κ1) is 37.4. The van der Waals surface area contributed by atoms with Gasteiger partial charge in [-0.15, -0.1) is 0 Å². The molecule has 2 amide bonds. The van der Waals surface area contributed by atoms with E-state index < -0.39 is 18.3 Å². The minimum Gasteiger partial charge on any atom is -0.491 e. The number of carbonyl (C=O) groups excluding carboxylic acids is 2. The van der Waals surface area contributed by atoms with Crippen LogP contribution >= 0.6 is 0 Å². The molecule has 0 fully saturated rings. The zero-order valence-electron chi connectivity index (χ0n) is 29.4. The van der Waals surface area contributed by atoms with Crippen LogP contribution in [0.2, 0.25) is 0 Å². The van der Waals surface area contributed by atoms with Crippen LogP contribution in [0, 0.1) is 0 Å². The Morgan fingerprint density at radius 3 is 1.87 bits per heavy atom. The SMILES string of the molecule is COC(=O)Nc1ccc(C(CCNC[C@H](O)COc2ccc(OCc3ccccc3)cc2)c2ccc(N(Cc3ccccc3)C(=O)OC)cc2)cc1. The fourth-order valence-corrected chi connectivity index (χ4v) is 5.66. The highest BCUT2D eigenvalue weighted by Crippen LogP contribution is 2.31. The molecule has 0 saturated carbocycles. The van der Waals surface area contributed by atoms with Gasteiger partial charge in [0.1, 0.15) is 30.8 Å². The van der Waals surface area contributed by atoms with Gasteiger partial charge < -0.3 is 29.4 Å². The number of anilines is 2. The van der Waals surface area contributed by atoms with Gasteiger partial charge in [-0.25, -0.2) is 9.59 Å². The molecule has 5 rings (SSSR count). The highest BCUT2D eigenvalue weighted by molar-refractivity contribution is 5.87. The van der Waals surface area contributed by atoms with E-state index in [1.54, 1.807) is 4.90 Å². The van der Waals surface area contributed by atoms with E-state index in [9.17, 15) is 14.7 Å². The molecule has 5 aromatic rings. The van der Waals surface area contributed by atoms with Crippen LogP contribution in [0.5, 0.6) is 11.5 Å². The van der Waals surface area contributed by atoms with Crippen LogP contribution in [0.15, 0.2) is 133 Å². The molecule has 0 heterocycles. The third kappa shape index (κ3) is 11.3. The van der Waals surface area contributed by atoms with E-state index >= 15 is 0 Å². The summed E-state index contributed by atoms with van der Waals surface area (Å²) in [5, 5.41) is 16.7. The van der Waals surface area contributed by atoms with E-state index in [0.29, 0.717) is 49.8 Å². The summed E-state index contributed by atoms with van der Waals surface area (Å²) in [4.78, 5) is 26.1. The summed E-state index contributed by atoms with van der Waals surface area (Å²) in [5.41, 5.74) is 5.50. The average molecular weight is 704 g/mol. The van der Waals surface area contributed by atoms with Crippen molar-refractivity contribution in [2.24, 2.45) is 0 Å². The summed E-state index contributed by atoms with van der Waals surface area (Å²) in [6.07, 6.45) is -0.990. The second-order valence-corrected chi connectivity index (χ2v) is 12.1. The lowest BCUT2D eigenvalue weighted by atomic mass is 9.88. The fourth-order valence-electron chi connectivity index (χ4n) is 5.66. The molecule has 3 N–H and O–H groups in total. The number of carbonyl (C=O) groups is 2. The van der Waals surface area contributed by atoms with E-state index in [1.807, 2.05) is 133 Å². The van der Waals surface area contributed by atoms with Gasteiger partial charge in [0.2, 0.25) is 0 Å². The maximum absolute atomic E-state index is 12.7. The minimum absolute atomic E-state index is 0.0227. The Morgan fingerprint density at radius 2 is 1.27 bits per heavy atom. The monoisotopic (exact) mass is 703 g/mol. The maximum Gasteiger partial charge on any atom is 0.414 e. The van der Waals surface area contributed by atoms with Crippen molar-refractivity contribution in [2.45, 2.75) is 31.6 Å². The predicted molar refractivity (Wildman–Crippen MR) is 202 cm³/mol. The molecule has 10 heteroatoms.